The number of aliphatic hydroxyl groups excluding tert-OH is 1. The normalized spacial score (nSPS) is 21.1. The molecule has 3 rings (SSSR count). The molecule has 0 bridgehead atoms. The molecule has 4 heteroatoms. The molecule has 21 heavy (non-hydrogen) atoms. The van der Waals surface area contributed by atoms with E-state index in [0.29, 0.717) is 5.56 Å². The van der Waals surface area contributed by atoms with Crippen LogP contribution in [0.1, 0.15) is 37.0 Å². The second-order valence-corrected chi connectivity index (χ2v) is 6.29. The summed E-state index contributed by atoms with van der Waals surface area (Å²) in [6, 6.07) is 7.78. The molecule has 4 nitrogen and oxygen atoms in total. The molecule has 1 aliphatic heterocycles. The largest absolute Gasteiger partial charge is 0.389 e. The van der Waals surface area contributed by atoms with Gasteiger partial charge in [-0.2, -0.15) is 5.26 Å². The van der Waals surface area contributed by atoms with Crippen molar-refractivity contribution < 1.29 is 5.11 Å². The molecule has 1 saturated heterocycles. The molecule has 0 amide bonds. The zero-order chi connectivity index (χ0) is 14.8. The van der Waals surface area contributed by atoms with Gasteiger partial charge in [0.15, 0.2) is 0 Å². The minimum atomic E-state index is -0.503. The molecule has 1 atom stereocenters. The quantitative estimate of drug-likeness (QED) is 0.921. The molecule has 2 fully saturated rings. The topological polar surface area (TPSA) is 50.5 Å². The van der Waals surface area contributed by atoms with E-state index in [1.165, 1.54) is 19.4 Å². The van der Waals surface area contributed by atoms with Gasteiger partial charge in [0.2, 0.25) is 0 Å². The Bertz CT molecular complexity index is 537. The molecule has 112 valence electrons. The molecular weight excluding hydrogens is 262 g/mol. The summed E-state index contributed by atoms with van der Waals surface area (Å²) in [5.41, 5.74) is 2.61. The number of benzene rings is 1. The van der Waals surface area contributed by atoms with Gasteiger partial charge in [0, 0.05) is 44.0 Å². The summed E-state index contributed by atoms with van der Waals surface area (Å²) >= 11 is 0. The first-order valence-electron chi connectivity index (χ1n) is 7.87. The number of nitrogens with zero attached hydrogens (tertiary/aromatic N) is 3. The van der Waals surface area contributed by atoms with E-state index in [0.717, 1.165) is 43.3 Å². The maximum Gasteiger partial charge on any atom is 0.0992 e. The standard InChI is InChI=1S/C17H23N3O/c1-13(21)16-5-4-15(11-18)10-17(16)20-8-6-19(7-9-20)12-14-2-3-14/h4-5,10,13-14,21H,2-3,6-9,12H2,1H3/t13-/m1/s1. The smallest absolute Gasteiger partial charge is 0.0992 e. The van der Waals surface area contributed by atoms with Crippen molar-refractivity contribution in [2.45, 2.75) is 25.9 Å². The van der Waals surface area contributed by atoms with Crippen LogP contribution in [0, 0.1) is 17.2 Å². The van der Waals surface area contributed by atoms with Crippen LogP contribution in [0.4, 0.5) is 5.69 Å². The summed E-state index contributed by atoms with van der Waals surface area (Å²) < 4.78 is 0. The van der Waals surface area contributed by atoms with Gasteiger partial charge < -0.3 is 10.0 Å². The minimum Gasteiger partial charge on any atom is -0.389 e. The van der Waals surface area contributed by atoms with Crippen molar-refractivity contribution >= 4 is 5.69 Å². The monoisotopic (exact) mass is 285 g/mol. The van der Waals surface area contributed by atoms with Crippen LogP contribution in [0.25, 0.3) is 0 Å². The third kappa shape index (κ3) is 3.37. The van der Waals surface area contributed by atoms with E-state index in [1.807, 2.05) is 12.1 Å². The first-order chi connectivity index (χ1) is 10.2. The minimum absolute atomic E-state index is 0.503. The molecule has 0 aromatic heterocycles. The molecule has 0 unspecified atom stereocenters. The fraction of sp³-hybridized carbons (Fsp3) is 0.588. The molecule has 0 spiro atoms. The van der Waals surface area contributed by atoms with Crippen LogP contribution < -0.4 is 4.90 Å². The summed E-state index contributed by atoms with van der Waals surface area (Å²) in [7, 11) is 0. The number of aliphatic hydroxyl groups is 1. The molecule has 1 N–H and O–H groups in total. The fourth-order valence-electron chi connectivity index (χ4n) is 3.08. The van der Waals surface area contributed by atoms with Gasteiger partial charge in [-0.1, -0.05) is 6.07 Å². The SMILES string of the molecule is C[C@@H](O)c1ccc(C#N)cc1N1CCN(CC2CC2)CC1. The zero-order valence-electron chi connectivity index (χ0n) is 12.6. The van der Waals surface area contributed by atoms with Gasteiger partial charge in [-0.3, -0.25) is 4.90 Å². The van der Waals surface area contributed by atoms with Crippen LogP contribution in [0.3, 0.4) is 0 Å². The van der Waals surface area contributed by atoms with Gasteiger partial charge in [-0.15, -0.1) is 0 Å². The van der Waals surface area contributed by atoms with Crippen molar-refractivity contribution in [1.29, 1.82) is 5.26 Å². The Balaban J connectivity index is 1.72. The van der Waals surface area contributed by atoms with Crippen LogP contribution in [0.2, 0.25) is 0 Å². The number of piperazine rings is 1. The molecular formula is C17H23N3O. The highest BCUT2D eigenvalue weighted by Gasteiger charge is 2.27. The Hall–Kier alpha value is -1.57. The lowest BCUT2D eigenvalue weighted by Crippen LogP contribution is -2.47. The predicted molar refractivity (Wildman–Crippen MR) is 83.2 cm³/mol. The van der Waals surface area contributed by atoms with Crippen LogP contribution in [-0.2, 0) is 0 Å². The fourth-order valence-corrected chi connectivity index (χ4v) is 3.08. The van der Waals surface area contributed by atoms with Crippen molar-refractivity contribution in [1.82, 2.24) is 4.90 Å². The van der Waals surface area contributed by atoms with E-state index in [9.17, 15) is 5.11 Å². The van der Waals surface area contributed by atoms with Gasteiger partial charge in [-0.25, -0.2) is 0 Å². The van der Waals surface area contributed by atoms with Crippen molar-refractivity contribution in [3.8, 4) is 6.07 Å². The highest BCUT2D eigenvalue weighted by atomic mass is 16.3. The number of nitriles is 1. The van der Waals surface area contributed by atoms with Crippen molar-refractivity contribution in [3.05, 3.63) is 29.3 Å². The van der Waals surface area contributed by atoms with E-state index in [-0.39, 0.29) is 0 Å². The Kier molecular flexibility index (Phi) is 4.14. The summed E-state index contributed by atoms with van der Waals surface area (Å²) in [4.78, 5) is 4.86. The third-order valence-corrected chi connectivity index (χ3v) is 4.54. The maximum atomic E-state index is 9.96. The van der Waals surface area contributed by atoms with E-state index in [4.69, 9.17) is 5.26 Å². The lowest BCUT2D eigenvalue weighted by atomic mass is 10.0. The molecule has 1 heterocycles. The average Bonchev–Trinajstić information content (AvgIpc) is 3.31. The van der Waals surface area contributed by atoms with Crippen molar-refractivity contribution in [2.24, 2.45) is 5.92 Å². The highest BCUT2D eigenvalue weighted by Crippen LogP contribution is 2.31. The first kappa shape index (κ1) is 14.4. The Morgan fingerprint density at radius 1 is 1.29 bits per heavy atom. The Morgan fingerprint density at radius 3 is 2.57 bits per heavy atom. The number of rotatable bonds is 4. The number of hydrogen-bond acceptors (Lipinski definition) is 4. The van der Waals surface area contributed by atoms with Crippen LogP contribution in [0.15, 0.2) is 18.2 Å². The molecule has 1 aromatic carbocycles. The highest BCUT2D eigenvalue weighted by molar-refractivity contribution is 5.58. The van der Waals surface area contributed by atoms with Crippen LogP contribution >= 0.6 is 0 Å². The molecule has 0 radical (unpaired) electrons. The third-order valence-electron chi connectivity index (χ3n) is 4.54. The van der Waals surface area contributed by atoms with Crippen LogP contribution in [0.5, 0.6) is 0 Å². The van der Waals surface area contributed by atoms with Crippen LogP contribution in [-0.4, -0.2) is 42.7 Å². The lowest BCUT2D eigenvalue weighted by molar-refractivity contribution is 0.198. The summed E-state index contributed by atoms with van der Waals surface area (Å²) in [6.45, 7) is 7.13. The summed E-state index contributed by atoms with van der Waals surface area (Å²) in [5, 5.41) is 19.1. The Morgan fingerprint density at radius 2 is 2.00 bits per heavy atom. The number of hydrogen-bond donors (Lipinski definition) is 1. The van der Waals surface area contributed by atoms with Gasteiger partial charge >= 0.3 is 0 Å². The predicted octanol–water partition coefficient (Wildman–Crippen LogP) is 2.14. The van der Waals surface area contributed by atoms with Gasteiger partial charge in [0.05, 0.1) is 17.7 Å². The van der Waals surface area contributed by atoms with Gasteiger partial charge in [0.1, 0.15) is 0 Å². The number of anilines is 1. The Labute approximate surface area is 126 Å². The van der Waals surface area contributed by atoms with E-state index in [2.05, 4.69) is 15.9 Å². The summed E-state index contributed by atoms with van der Waals surface area (Å²) in [5.74, 6) is 0.937. The second kappa shape index (κ2) is 6.05. The molecule has 1 aromatic rings. The molecule has 1 saturated carbocycles. The van der Waals surface area contributed by atoms with E-state index in [1.54, 1.807) is 13.0 Å². The maximum absolute atomic E-state index is 9.96. The second-order valence-electron chi connectivity index (χ2n) is 6.29. The average molecular weight is 285 g/mol. The zero-order valence-corrected chi connectivity index (χ0v) is 12.6. The van der Waals surface area contributed by atoms with Gasteiger partial charge in [-0.05, 0) is 37.8 Å². The molecule has 2 aliphatic rings. The van der Waals surface area contributed by atoms with E-state index < -0.39 is 6.10 Å². The van der Waals surface area contributed by atoms with Gasteiger partial charge in [0.25, 0.3) is 0 Å². The first-order valence-corrected chi connectivity index (χ1v) is 7.87. The summed E-state index contributed by atoms with van der Waals surface area (Å²) in [6.07, 6.45) is 2.30. The molecule has 1 aliphatic carbocycles. The lowest BCUT2D eigenvalue weighted by Gasteiger charge is -2.37. The van der Waals surface area contributed by atoms with Crippen molar-refractivity contribution in [2.75, 3.05) is 37.6 Å². The van der Waals surface area contributed by atoms with Crippen molar-refractivity contribution in [3.63, 3.8) is 0 Å². The van der Waals surface area contributed by atoms with E-state index >= 15 is 0 Å².